The Morgan fingerprint density at radius 3 is 2.24 bits per heavy atom. The Morgan fingerprint density at radius 1 is 0.941 bits per heavy atom. The predicted molar refractivity (Wildman–Crippen MR) is 73.4 cm³/mol. The summed E-state index contributed by atoms with van der Waals surface area (Å²) >= 11 is 7.80. The number of hydrogen-bond acceptors (Lipinski definition) is 2. The largest absolute Gasteiger partial charge is 0.392 e. The number of halogens is 1. The second-order valence-corrected chi connectivity index (χ2v) is 5.12. The summed E-state index contributed by atoms with van der Waals surface area (Å²) < 4.78 is 0. The lowest BCUT2D eigenvalue weighted by atomic mass is 10.2. The summed E-state index contributed by atoms with van der Waals surface area (Å²) in [5, 5.41) is 9.75. The highest BCUT2D eigenvalue weighted by molar-refractivity contribution is 7.98. The molecule has 1 N–H and O–H groups in total. The van der Waals surface area contributed by atoms with Crippen LogP contribution in [0, 0.1) is 0 Å². The Labute approximate surface area is 110 Å². The minimum Gasteiger partial charge on any atom is -0.392 e. The lowest BCUT2D eigenvalue weighted by molar-refractivity contribution is 0.282. The molecular weight excluding hydrogens is 252 g/mol. The molecule has 0 bridgehead atoms. The number of benzene rings is 2. The molecule has 0 radical (unpaired) electrons. The summed E-state index contributed by atoms with van der Waals surface area (Å²) in [4.78, 5) is 1.10. The third kappa shape index (κ3) is 3.50. The molecule has 0 spiro atoms. The SMILES string of the molecule is OCc1ccc(CSc2ccccc2Cl)cc1. The molecule has 0 fully saturated rings. The summed E-state index contributed by atoms with van der Waals surface area (Å²) in [5.41, 5.74) is 2.17. The van der Waals surface area contributed by atoms with Crippen LogP contribution in [-0.4, -0.2) is 5.11 Å². The van der Waals surface area contributed by atoms with Crippen molar-refractivity contribution >= 4 is 23.4 Å². The first-order valence-electron chi connectivity index (χ1n) is 5.35. The van der Waals surface area contributed by atoms with Crippen LogP contribution in [0.4, 0.5) is 0 Å². The smallest absolute Gasteiger partial charge is 0.0681 e. The van der Waals surface area contributed by atoms with E-state index < -0.39 is 0 Å². The highest BCUT2D eigenvalue weighted by Crippen LogP contribution is 2.29. The molecule has 0 saturated heterocycles. The van der Waals surface area contributed by atoms with Gasteiger partial charge in [0.2, 0.25) is 0 Å². The molecule has 2 aromatic rings. The van der Waals surface area contributed by atoms with E-state index in [-0.39, 0.29) is 6.61 Å². The predicted octanol–water partition coefficient (Wildman–Crippen LogP) is 4.12. The Bertz CT molecular complexity index is 482. The van der Waals surface area contributed by atoms with Crippen LogP contribution in [0.3, 0.4) is 0 Å². The van der Waals surface area contributed by atoms with Gasteiger partial charge in [-0.05, 0) is 23.3 Å². The molecule has 3 heteroatoms. The minimum atomic E-state index is 0.0952. The fourth-order valence-corrected chi connectivity index (χ4v) is 2.66. The van der Waals surface area contributed by atoms with Crippen molar-refractivity contribution in [2.75, 3.05) is 0 Å². The molecule has 0 atom stereocenters. The van der Waals surface area contributed by atoms with Gasteiger partial charge in [0, 0.05) is 10.6 Å². The van der Waals surface area contributed by atoms with Gasteiger partial charge in [-0.3, -0.25) is 0 Å². The summed E-state index contributed by atoms with van der Waals surface area (Å²) in [6.45, 7) is 0.0952. The number of aliphatic hydroxyl groups excluding tert-OH is 1. The average molecular weight is 265 g/mol. The third-order valence-corrected chi connectivity index (χ3v) is 4.02. The molecule has 0 aliphatic heterocycles. The molecule has 0 unspecified atom stereocenters. The topological polar surface area (TPSA) is 20.2 Å². The van der Waals surface area contributed by atoms with E-state index in [0.717, 1.165) is 21.2 Å². The molecule has 0 aliphatic carbocycles. The van der Waals surface area contributed by atoms with Crippen LogP contribution in [0.1, 0.15) is 11.1 Å². The molecule has 0 amide bonds. The second kappa shape index (κ2) is 6.10. The molecule has 17 heavy (non-hydrogen) atoms. The number of thioether (sulfide) groups is 1. The van der Waals surface area contributed by atoms with Crippen molar-refractivity contribution < 1.29 is 5.11 Å². The van der Waals surface area contributed by atoms with Crippen molar-refractivity contribution in [2.45, 2.75) is 17.3 Å². The van der Waals surface area contributed by atoms with Gasteiger partial charge >= 0.3 is 0 Å². The molecule has 2 rings (SSSR count). The van der Waals surface area contributed by atoms with Crippen LogP contribution < -0.4 is 0 Å². The van der Waals surface area contributed by atoms with Crippen LogP contribution in [0.25, 0.3) is 0 Å². The van der Waals surface area contributed by atoms with Gasteiger partial charge in [0.1, 0.15) is 0 Å². The fourth-order valence-electron chi connectivity index (χ4n) is 1.46. The second-order valence-electron chi connectivity index (χ2n) is 3.69. The molecule has 88 valence electrons. The van der Waals surface area contributed by atoms with Gasteiger partial charge < -0.3 is 5.11 Å². The highest BCUT2D eigenvalue weighted by Gasteiger charge is 2.00. The first-order chi connectivity index (χ1) is 8.29. The lowest BCUT2D eigenvalue weighted by Crippen LogP contribution is -1.85. The van der Waals surface area contributed by atoms with Gasteiger partial charge in [-0.2, -0.15) is 0 Å². The van der Waals surface area contributed by atoms with Gasteiger partial charge in [-0.25, -0.2) is 0 Å². The maximum atomic E-state index is 8.95. The van der Waals surface area contributed by atoms with Gasteiger partial charge in [-0.15, -0.1) is 11.8 Å². The summed E-state index contributed by atoms with van der Waals surface area (Å²) in [6, 6.07) is 15.8. The van der Waals surface area contributed by atoms with Crippen LogP contribution in [0.15, 0.2) is 53.4 Å². The van der Waals surface area contributed by atoms with Crippen LogP contribution in [0.2, 0.25) is 5.02 Å². The van der Waals surface area contributed by atoms with E-state index in [4.69, 9.17) is 16.7 Å². The fraction of sp³-hybridized carbons (Fsp3) is 0.143. The monoisotopic (exact) mass is 264 g/mol. The summed E-state index contributed by atoms with van der Waals surface area (Å²) in [5.74, 6) is 0.884. The molecule has 0 heterocycles. The molecule has 0 saturated carbocycles. The standard InChI is InChI=1S/C14H13ClOS/c15-13-3-1-2-4-14(13)17-10-12-7-5-11(9-16)6-8-12/h1-8,16H,9-10H2. The maximum absolute atomic E-state index is 8.95. The van der Waals surface area contributed by atoms with Crippen molar-refractivity contribution in [3.8, 4) is 0 Å². The Morgan fingerprint density at radius 2 is 1.59 bits per heavy atom. The number of aliphatic hydroxyl groups is 1. The van der Waals surface area contributed by atoms with E-state index in [1.807, 2.05) is 48.5 Å². The van der Waals surface area contributed by atoms with E-state index in [1.54, 1.807) is 11.8 Å². The number of hydrogen-bond donors (Lipinski definition) is 1. The van der Waals surface area contributed by atoms with Crippen LogP contribution >= 0.6 is 23.4 Å². The van der Waals surface area contributed by atoms with E-state index >= 15 is 0 Å². The Hall–Kier alpha value is -0.960. The molecular formula is C14H13ClOS. The molecule has 0 aliphatic rings. The summed E-state index contributed by atoms with van der Waals surface area (Å²) in [7, 11) is 0. The molecule has 1 nitrogen and oxygen atoms in total. The van der Waals surface area contributed by atoms with E-state index in [0.29, 0.717) is 0 Å². The Kier molecular flexibility index (Phi) is 4.49. The first kappa shape index (κ1) is 12.5. The van der Waals surface area contributed by atoms with Gasteiger partial charge in [0.25, 0.3) is 0 Å². The zero-order chi connectivity index (χ0) is 12.1. The van der Waals surface area contributed by atoms with Crippen LogP contribution in [0.5, 0.6) is 0 Å². The summed E-state index contributed by atoms with van der Waals surface area (Å²) in [6.07, 6.45) is 0. The van der Waals surface area contributed by atoms with Crippen molar-refractivity contribution in [3.63, 3.8) is 0 Å². The van der Waals surface area contributed by atoms with Crippen LogP contribution in [-0.2, 0) is 12.4 Å². The third-order valence-electron chi connectivity index (χ3n) is 2.44. The zero-order valence-electron chi connectivity index (χ0n) is 9.27. The van der Waals surface area contributed by atoms with Gasteiger partial charge in [0.05, 0.1) is 11.6 Å². The molecule has 0 aromatic heterocycles. The normalized spacial score (nSPS) is 10.5. The van der Waals surface area contributed by atoms with Gasteiger partial charge in [-0.1, -0.05) is 48.0 Å². The first-order valence-corrected chi connectivity index (χ1v) is 6.72. The lowest BCUT2D eigenvalue weighted by Gasteiger charge is -2.04. The van der Waals surface area contributed by atoms with Crippen molar-refractivity contribution in [1.29, 1.82) is 0 Å². The maximum Gasteiger partial charge on any atom is 0.0681 e. The van der Waals surface area contributed by atoms with Crippen molar-refractivity contribution in [1.82, 2.24) is 0 Å². The van der Waals surface area contributed by atoms with Gasteiger partial charge in [0.15, 0.2) is 0 Å². The van der Waals surface area contributed by atoms with Crippen molar-refractivity contribution in [3.05, 3.63) is 64.7 Å². The highest BCUT2D eigenvalue weighted by atomic mass is 35.5. The average Bonchev–Trinajstić information content (AvgIpc) is 2.38. The van der Waals surface area contributed by atoms with Crippen molar-refractivity contribution in [2.24, 2.45) is 0 Å². The molecule has 2 aromatic carbocycles. The van der Waals surface area contributed by atoms with E-state index in [9.17, 15) is 0 Å². The quantitative estimate of drug-likeness (QED) is 0.838. The number of rotatable bonds is 4. The van der Waals surface area contributed by atoms with E-state index in [1.165, 1.54) is 5.56 Å². The van der Waals surface area contributed by atoms with E-state index in [2.05, 4.69) is 0 Å². The minimum absolute atomic E-state index is 0.0952. The zero-order valence-corrected chi connectivity index (χ0v) is 10.8. The Balaban J connectivity index is 2.00.